The third kappa shape index (κ3) is 0.778. The Kier molecular flexibility index (Phi) is 0.890. The van der Waals surface area contributed by atoms with Gasteiger partial charge < -0.3 is 5.73 Å². The van der Waals surface area contributed by atoms with E-state index < -0.39 is 0 Å². The van der Waals surface area contributed by atoms with Gasteiger partial charge >= 0.3 is 0 Å². The van der Waals surface area contributed by atoms with Gasteiger partial charge in [-0.1, -0.05) is 13.8 Å². The van der Waals surface area contributed by atoms with Crippen molar-refractivity contribution in [2.75, 3.05) is 0 Å². The zero-order valence-electron chi connectivity index (χ0n) is 5.07. The first-order valence-corrected chi connectivity index (χ1v) is 2.94. The molecular weight excluding hydrogens is 86.1 g/mol. The molecule has 1 aliphatic rings. The third-order valence-electron chi connectivity index (χ3n) is 1.98. The molecule has 7 heavy (non-hydrogen) atoms. The average molecular weight is 99.2 g/mol. The topological polar surface area (TPSA) is 26.0 Å². The van der Waals surface area contributed by atoms with Crippen molar-refractivity contribution < 1.29 is 0 Å². The highest BCUT2D eigenvalue weighted by Crippen LogP contribution is 2.38. The SMILES string of the molecule is CC(C)C1(N)CC1. The van der Waals surface area contributed by atoms with E-state index >= 15 is 0 Å². The molecule has 0 atom stereocenters. The molecule has 1 fully saturated rings. The summed E-state index contributed by atoms with van der Waals surface area (Å²) in [5.74, 6) is 0.687. The lowest BCUT2D eigenvalue weighted by molar-refractivity contribution is 0.478. The van der Waals surface area contributed by atoms with Crippen molar-refractivity contribution in [1.82, 2.24) is 0 Å². The first kappa shape index (κ1) is 5.10. The second-order valence-corrected chi connectivity index (χ2v) is 2.89. The summed E-state index contributed by atoms with van der Waals surface area (Å²) in [5, 5.41) is 0. The smallest absolute Gasteiger partial charge is 0.0178 e. The van der Waals surface area contributed by atoms with Crippen LogP contribution in [0.3, 0.4) is 0 Å². The Morgan fingerprint density at radius 1 is 1.43 bits per heavy atom. The van der Waals surface area contributed by atoms with E-state index in [-0.39, 0.29) is 5.54 Å². The van der Waals surface area contributed by atoms with Crippen molar-refractivity contribution in [3.8, 4) is 0 Å². The van der Waals surface area contributed by atoms with Crippen LogP contribution in [-0.4, -0.2) is 5.54 Å². The maximum Gasteiger partial charge on any atom is 0.0178 e. The fourth-order valence-electron chi connectivity index (χ4n) is 0.722. The molecule has 1 nitrogen and oxygen atoms in total. The van der Waals surface area contributed by atoms with E-state index in [9.17, 15) is 0 Å². The van der Waals surface area contributed by atoms with Crippen LogP contribution >= 0.6 is 0 Å². The first-order valence-electron chi connectivity index (χ1n) is 2.94. The molecule has 0 unspecified atom stereocenters. The van der Waals surface area contributed by atoms with Crippen LogP contribution < -0.4 is 5.73 Å². The summed E-state index contributed by atoms with van der Waals surface area (Å²) in [7, 11) is 0. The second kappa shape index (κ2) is 1.22. The maximum absolute atomic E-state index is 5.79. The van der Waals surface area contributed by atoms with Crippen molar-refractivity contribution in [3.63, 3.8) is 0 Å². The van der Waals surface area contributed by atoms with Crippen LogP contribution in [0.5, 0.6) is 0 Å². The fourth-order valence-corrected chi connectivity index (χ4v) is 0.722. The van der Waals surface area contributed by atoms with Gasteiger partial charge in [0.05, 0.1) is 0 Å². The van der Waals surface area contributed by atoms with Gasteiger partial charge in [0, 0.05) is 5.54 Å². The quantitative estimate of drug-likeness (QED) is 0.524. The number of hydrogen-bond acceptors (Lipinski definition) is 1. The molecule has 0 aliphatic heterocycles. The van der Waals surface area contributed by atoms with Gasteiger partial charge in [0.15, 0.2) is 0 Å². The molecule has 1 heteroatoms. The highest BCUT2D eigenvalue weighted by molar-refractivity contribution is 5.00. The van der Waals surface area contributed by atoms with Gasteiger partial charge in [0.2, 0.25) is 0 Å². The lowest BCUT2D eigenvalue weighted by atomic mass is 10.0. The van der Waals surface area contributed by atoms with Gasteiger partial charge in [0.25, 0.3) is 0 Å². The number of rotatable bonds is 1. The minimum atomic E-state index is 0.250. The molecule has 0 heterocycles. The van der Waals surface area contributed by atoms with Gasteiger partial charge in [-0.05, 0) is 18.8 Å². The average Bonchev–Trinajstić information content (AvgIpc) is 2.21. The van der Waals surface area contributed by atoms with E-state index in [1.165, 1.54) is 12.8 Å². The van der Waals surface area contributed by atoms with E-state index in [0.29, 0.717) is 5.92 Å². The lowest BCUT2D eigenvalue weighted by Crippen LogP contribution is -2.27. The van der Waals surface area contributed by atoms with Crippen molar-refractivity contribution >= 4 is 0 Å². The minimum Gasteiger partial charge on any atom is -0.325 e. The highest BCUT2D eigenvalue weighted by Gasteiger charge is 2.40. The van der Waals surface area contributed by atoms with E-state index in [0.717, 1.165) is 0 Å². The third-order valence-corrected chi connectivity index (χ3v) is 1.98. The summed E-state index contributed by atoms with van der Waals surface area (Å²) in [6, 6.07) is 0. The Hall–Kier alpha value is -0.0400. The predicted octanol–water partition coefficient (Wildman–Crippen LogP) is 1.13. The molecule has 2 N–H and O–H groups in total. The maximum atomic E-state index is 5.79. The molecular formula is C6H13N. The normalized spacial score (nSPS) is 25.7. The van der Waals surface area contributed by atoms with Crippen molar-refractivity contribution in [3.05, 3.63) is 0 Å². The monoisotopic (exact) mass is 99.1 g/mol. The van der Waals surface area contributed by atoms with E-state index in [4.69, 9.17) is 5.73 Å². The number of hydrogen-bond donors (Lipinski definition) is 1. The Balaban J connectivity index is 2.39. The van der Waals surface area contributed by atoms with Crippen LogP contribution in [0.1, 0.15) is 26.7 Å². The molecule has 1 saturated carbocycles. The Morgan fingerprint density at radius 3 is 1.86 bits per heavy atom. The summed E-state index contributed by atoms with van der Waals surface area (Å²) < 4.78 is 0. The summed E-state index contributed by atoms with van der Waals surface area (Å²) >= 11 is 0. The molecule has 0 aromatic carbocycles. The van der Waals surface area contributed by atoms with Gasteiger partial charge in [-0.3, -0.25) is 0 Å². The van der Waals surface area contributed by atoms with Crippen LogP contribution in [0.2, 0.25) is 0 Å². The molecule has 1 rings (SSSR count). The molecule has 0 spiro atoms. The van der Waals surface area contributed by atoms with Crippen molar-refractivity contribution in [1.29, 1.82) is 0 Å². The van der Waals surface area contributed by atoms with Gasteiger partial charge in [-0.25, -0.2) is 0 Å². The van der Waals surface area contributed by atoms with E-state index in [2.05, 4.69) is 13.8 Å². The summed E-state index contributed by atoms with van der Waals surface area (Å²) in [6.45, 7) is 4.38. The van der Waals surface area contributed by atoms with Crippen molar-refractivity contribution in [2.45, 2.75) is 32.2 Å². The Morgan fingerprint density at radius 2 is 1.86 bits per heavy atom. The van der Waals surface area contributed by atoms with Crippen LogP contribution in [0.25, 0.3) is 0 Å². The molecule has 0 aromatic heterocycles. The molecule has 0 aromatic rings. The van der Waals surface area contributed by atoms with Crippen LogP contribution in [-0.2, 0) is 0 Å². The number of nitrogens with two attached hydrogens (primary N) is 1. The zero-order valence-corrected chi connectivity index (χ0v) is 5.07. The molecule has 0 radical (unpaired) electrons. The van der Waals surface area contributed by atoms with Crippen molar-refractivity contribution in [2.24, 2.45) is 11.7 Å². The molecule has 0 saturated heterocycles. The molecule has 0 bridgehead atoms. The first-order chi connectivity index (χ1) is 3.15. The summed E-state index contributed by atoms with van der Waals surface area (Å²) in [6.07, 6.45) is 2.48. The molecule has 42 valence electrons. The van der Waals surface area contributed by atoms with Crippen LogP contribution in [0.4, 0.5) is 0 Å². The minimum absolute atomic E-state index is 0.250. The van der Waals surface area contributed by atoms with Gasteiger partial charge in [0.1, 0.15) is 0 Å². The largest absolute Gasteiger partial charge is 0.325 e. The molecule has 0 amide bonds. The lowest BCUT2D eigenvalue weighted by Gasteiger charge is -2.10. The molecule has 1 aliphatic carbocycles. The Labute approximate surface area is 44.9 Å². The van der Waals surface area contributed by atoms with Gasteiger partial charge in [-0.2, -0.15) is 0 Å². The van der Waals surface area contributed by atoms with Gasteiger partial charge in [-0.15, -0.1) is 0 Å². The van der Waals surface area contributed by atoms with E-state index in [1.807, 2.05) is 0 Å². The van der Waals surface area contributed by atoms with Crippen LogP contribution in [0.15, 0.2) is 0 Å². The zero-order chi connectivity index (χ0) is 5.49. The fraction of sp³-hybridized carbons (Fsp3) is 1.00. The second-order valence-electron chi connectivity index (χ2n) is 2.89. The highest BCUT2D eigenvalue weighted by atomic mass is 14.8. The van der Waals surface area contributed by atoms with E-state index in [1.54, 1.807) is 0 Å². The summed E-state index contributed by atoms with van der Waals surface area (Å²) in [5.41, 5.74) is 6.04. The predicted molar refractivity (Wildman–Crippen MR) is 31.0 cm³/mol. The Bertz CT molecular complexity index is 72.2. The standard InChI is InChI=1S/C6H13N/c1-5(2)6(7)3-4-6/h5H,3-4,7H2,1-2H3. The summed E-state index contributed by atoms with van der Waals surface area (Å²) in [4.78, 5) is 0. The van der Waals surface area contributed by atoms with Crippen LogP contribution in [0, 0.1) is 5.92 Å².